The molecule has 5 heteroatoms. The summed E-state index contributed by atoms with van der Waals surface area (Å²) in [5.74, 6) is 0.0217. The van der Waals surface area contributed by atoms with Crippen LogP contribution in [0.1, 0.15) is 48.0 Å². The van der Waals surface area contributed by atoms with Crippen molar-refractivity contribution in [2.75, 3.05) is 25.0 Å². The Balaban J connectivity index is 1.44. The van der Waals surface area contributed by atoms with Crippen molar-refractivity contribution in [1.29, 1.82) is 0 Å². The van der Waals surface area contributed by atoms with Gasteiger partial charge in [-0.3, -0.25) is 9.78 Å². The molecule has 0 unspecified atom stereocenters. The van der Waals surface area contributed by atoms with Crippen molar-refractivity contribution >= 4 is 11.6 Å². The van der Waals surface area contributed by atoms with Gasteiger partial charge in [0.15, 0.2) is 0 Å². The molecule has 2 N–H and O–H groups in total. The van der Waals surface area contributed by atoms with Gasteiger partial charge in [-0.2, -0.15) is 0 Å². The highest BCUT2D eigenvalue weighted by Gasteiger charge is 2.45. The Morgan fingerprint density at radius 3 is 2.82 bits per heavy atom. The number of amides is 1. The van der Waals surface area contributed by atoms with Crippen LogP contribution in [-0.4, -0.2) is 46.6 Å². The van der Waals surface area contributed by atoms with Gasteiger partial charge >= 0.3 is 0 Å². The number of piperidine rings is 1. The maximum Gasteiger partial charge on any atom is 0.257 e. The summed E-state index contributed by atoms with van der Waals surface area (Å²) < 4.78 is 0. The molecular formula is C23H29N3O2. The molecule has 2 atom stereocenters. The zero-order chi connectivity index (χ0) is 19.4. The number of nitrogens with one attached hydrogen (secondary N) is 1. The van der Waals surface area contributed by atoms with Gasteiger partial charge in [-0.15, -0.1) is 0 Å². The quantitative estimate of drug-likeness (QED) is 0.834. The topological polar surface area (TPSA) is 65.5 Å². The van der Waals surface area contributed by atoms with Crippen LogP contribution in [0.5, 0.6) is 0 Å². The third kappa shape index (κ3) is 3.90. The molecule has 1 aliphatic heterocycles. The largest absolute Gasteiger partial charge is 0.392 e. The lowest BCUT2D eigenvalue weighted by Crippen LogP contribution is -2.49. The van der Waals surface area contributed by atoms with E-state index in [0.29, 0.717) is 12.1 Å². The number of aromatic nitrogens is 1. The first-order chi connectivity index (χ1) is 13.7. The summed E-state index contributed by atoms with van der Waals surface area (Å²) in [6.45, 7) is 2.17. The van der Waals surface area contributed by atoms with Gasteiger partial charge in [0, 0.05) is 37.4 Å². The fourth-order valence-corrected chi connectivity index (χ4v) is 4.81. The molecule has 2 heterocycles. The Morgan fingerprint density at radius 1 is 1.21 bits per heavy atom. The van der Waals surface area contributed by atoms with Gasteiger partial charge < -0.3 is 15.3 Å². The Morgan fingerprint density at radius 2 is 2.04 bits per heavy atom. The minimum atomic E-state index is -0.277. The smallest absolute Gasteiger partial charge is 0.257 e. The molecular weight excluding hydrogens is 350 g/mol. The summed E-state index contributed by atoms with van der Waals surface area (Å²) in [6, 6.07) is 12.2. The number of aliphatic hydroxyl groups excluding tert-OH is 1. The Hall–Kier alpha value is -2.40. The standard InChI is InChI=1S/C23H29N3O2/c27-21-8-4-11-23(21)12-5-15-26(17-23)22(28)19-16-24-13-10-20(19)25-14-9-18-6-2-1-3-7-18/h1-3,6-7,10,13,16,21,27H,4-5,8-9,11-12,14-15,17H2,(H,24,25)/t21-,23-/m1/s1. The molecule has 1 aromatic heterocycles. The van der Waals surface area contributed by atoms with Gasteiger partial charge in [0.25, 0.3) is 5.91 Å². The number of carbonyl (C=O) groups is 1. The third-order valence-corrected chi connectivity index (χ3v) is 6.38. The summed E-state index contributed by atoms with van der Waals surface area (Å²) in [7, 11) is 0. The summed E-state index contributed by atoms with van der Waals surface area (Å²) >= 11 is 0. The van der Waals surface area contributed by atoms with Gasteiger partial charge in [0.1, 0.15) is 0 Å². The Kier molecular flexibility index (Phi) is 5.62. The van der Waals surface area contributed by atoms with Crippen molar-refractivity contribution in [3.05, 3.63) is 59.9 Å². The normalized spacial score (nSPS) is 24.5. The molecule has 0 bridgehead atoms. The zero-order valence-corrected chi connectivity index (χ0v) is 16.3. The highest BCUT2D eigenvalue weighted by molar-refractivity contribution is 5.99. The summed E-state index contributed by atoms with van der Waals surface area (Å²) in [6.07, 6.45) is 8.93. The second-order valence-corrected chi connectivity index (χ2v) is 8.18. The van der Waals surface area contributed by atoms with Gasteiger partial charge in [-0.05, 0) is 43.7 Å². The molecule has 28 heavy (non-hydrogen) atoms. The molecule has 0 radical (unpaired) electrons. The molecule has 2 aliphatic rings. The maximum atomic E-state index is 13.3. The van der Waals surface area contributed by atoms with Crippen LogP contribution in [0.3, 0.4) is 0 Å². The van der Waals surface area contributed by atoms with Crippen LogP contribution in [0, 0.1) is 5.41 Å². The van der Waals surface area contributed by atoms with Crippen LogP contribution < -0.4 is 5.32 Å². The fraction of sp³-hybridized carbons (Fsp3) is 0.478. The van der Waals surface area contributed by atoms with Crippen LogP contribution in [0.15, 0.2) is 48.8 Å². The van der Waals surface area contributed by atoms with Crippen molar-refractivity contribution in [3.63, 3.8) is 0 Å². The lowest BCUT2D eigenvalue weighted by atomic mass is 9.76. The SMILES string of the molecule is O=C(c1cnccc1NCCc1ccccc1)N1CCC[C@]2(CCC[C@H]2O)C1. The summed E-state index contributed by atoms with van der Waals surface area (Å²) in [5.41, 5.74) is 2.63. The summed E-state index contributed by atoms with van der Waals surface area (Å²) in [5, 5.41) is 13.9. The number of anilines is 1. The molecule has 1 saturated carbocycles. The Labute approximate surface area is 166 Å². The van der Waals surface area contributed by atoms with Crippen molar-refractivity contribution in [1.82, 2.24) is 9.88 Å². The second-order valence-electron chi connectivity index (χ2n) is 8.18. The number of nitrogens with zero attached hydrogens (tertiary/aromatic N) is 2. The molecule has 2 fully saturated rings. The van der Waals surface area contributed by atoms with E-state index in [2.05, 4.69) is 22.4 Å². The van der Waals surface area contributed by atoms with E-state index >= 15 is 0 Å². The number of rotatable bonds is 5. The van der Waals surface area contributed by atoms with E-state index in [1.165, 1.54) is 5.56 Å². The van der Waals surface area contributed by atoms with Crippen LogP contribution >= 0.6 is 0 Å². The minimum absolute atomic E-state index is 0.0217. The van der Waals surface area contributed by atoms with E-state index in [4.69, 9.17) is 0 Å². The number of hydrogen-bond donors (Lipinski definition) is 2. The molecule has 148 valence electrons. The number of likely N-dealkylation sites (tertiary alicyclic amines) is 1. The van der Waals surface area contributed by atoms with Crippen molar-refractivity contribution < 1.29 is 9.90 Å². The monoisotopic (exact) mass is 379 g/mol. The first-order valence-corrected chi connectivity index (χ1v) is 10.4. The first kappa shape index (κ1) is 18.9. The van der Waals surface area contributed by atoms with E-state index < -0.39 is 0 Å². The van der Waals surface area contributed by atoms with Crippen LogP contribution in [0.2, 0.25) is 0 Å². The molecule has 1 saturated heterocycles. The van der Waals surface area contributed by atoms with Gasteiger partial charge in [-0.1, -0.05) is 36.8 Å². The molecule has 4 rings (SSSR count). The average Bonchev–Trinajstić information content (AvgIpc) is 3.08. The first-order valence-electron chi connectivity index (χ1n) is 10.4. The lowest BCUT2D eigenvalue weighted by molar-refractivity contribution is -0.00533. The average molecular weight is 380 g/mol. The number of pyridine rings is 1. The predicted octanol–water partition coefficient (Wildman–Crippen LogP) is 3.50. The van der Waals surface area contributed by atoms with Crippen molar-refractivity contribution in [3.8, 4) is 0 Å². The second kappa shape index (κ2) is 8.31. The molecule has 1 amide bonds. The zero-order valence-electron chi connectivity index (χ0n) is 16.3. The van der Waals surface area contributed by atoms with Gasteiger partial charge in [0.2, 0.25) is 0 Å². The molecule has 1 aromatic carbocycles. The van der Waals surface area contributed by atoms with E-state index in [1.54, 1.807) is 12.4 Å². The van der Waals surface area contributed by atoms with E-state index in [-0.39, 0.29) is 17.4 Å². The fourth-order valence-electron chi connectivity index (χ4n) is 4.81. The van der Waals surface area contributed by atoms with E-state index in [1.807, 2.05) is 29.2 Å². The van der Waals surface area contributed by atoms with Crippen LogP contribution in [0.4, 0.5) is 5.69 Å². The molecule has 1 aliphatic carbocycles. The van der Waals surface area contributed by atoms with Crippen molar-refractivity contribution in [2.24, 2.45) is 5.41 Å². The molecule has 2 aromatic rings. The van der Waals surface area contributed by atoms with Gasteiger partial charge in [-0.25, -0.2) is 0 Å². The van der Waals surface area contributed by atoms with E-state index in [0.717, 1.165) is 57.3 Å². The third-order valence-electron chi connectivity index (χ3n) is 6.38. The highest BCUT2D eigenvalue weighted by Crippen LogP contribution is 2.45. The maximum absolute atomic E-state index is 13.3. The highest BCUT2D eigenvalue weighted by atomic mass is 16.3. The molecule has 1 spiro atoms. The number of aliphatic hydroxyl groups is 1. The van der Waals surface area contributed by atoms with Crippen LogP contribution in [-0.2, 0) is 6.42 Å². The number of hydrogen-bond acceptors (Lipinski definition) is 4. The lowest BCUT2D eigenvalue weighted by Gasteiger charge is -2.42. The number of carbonyl (C=O) groups excluding carboxylic acids is 1. The van der Waals surface area contributed by atoms with Crippen LogP contribution in [0.25, 0.3) is 0 Å². The van der Waals surface area contributed by atoms with Gasteiger partial charge in [0.05, 0.1) is 17.4 Å². The Bertz CT molecular complexity index is 811. The number of benzene rings is 1. The minimum Gasteiger partial charge on any atom is -0.392 e. The predicted molar refractivity (Wildman–Crippen MR) is 110 cm³/mol. The summed E-state index contributed by atoms with van der Waals surface area (Å²) in [4.78, 5) is 19.4. The van der Waals surface area contributed by atoms with Crippen molar-refractivity contribution in [2.45, 2.75) is 44.6 Å². The van der Waals surface area contributed by atoms with E-state index in [9.17, 15) is 9.90 Å². The molecule has 5 nitrogen and oxygen atoms in total.